The van der Waals surface area contributed by atoms with Gasteiger partial charge in [-0.1, -0.05) is 36.8 Å². The van der Waals surface area contributed by atoms with Crippen molar-refractivity contribution >= 4 is 15.8 Å². The standard InChI is InChI=1S/C17H19NO5S/c1-12-4-10-17(11-5-12)24(21,22)23-14(3)13(2)15-6-8-16(9-7-15)18(19)20/h4-11,13-14H,1-3H3/t13-,14-/m1/s1. The molecule has 0 radical (unpaired) electrons. The first kappa shape index (κ1) is 18.1. The average Bonchev–Trinajstić information content (AvgIpc) is 2.54. The van der Waals surface area contributed by atoms with Gasteiger partial charge in [-0.25, -0.2) is 0 Å². The molecule has 0 aliphatic rings. The molecule has 0 N–H and O–H groups in total. The lowest BCUT2D eigenvalue weighted by atomic mass is 9.96. The van der Waals surface area contributed by atoms with Gasteiger partial charge in [0.05, 0.1) is 15.9 Å². The van der Waals surface area contributed by atoms with Crippen molar-refractivity contribution in [2.75, 3.05) is 0 Å². The van der Waals surface area contributed by atoms with Crippen molar-refractivity contribution in [3.63, 3.8) is 0 Å². The summed E-state index contributed by atoms with van der Waals surface area (Å²) in [7, 11) is -3.86. The minimum Gasteiger partial charge on any atom is -0.263 e. The third-order valence-electron chi connectivity index (χ3n) is 3.92. The first-order valence-corrected chi connectivity index (χ1v) is 8.86. The van der Waals surface area contributed by atoms with Gasteiger partial charge in [0.2, 0.25) is 0 Å². The summed E-state index contributed by atoms with van der Waals surface area (Å²) in [5.74, 6) is -0.244. The molecular formula is C17H19NO5S. The first-order valence-electron chi connectivity index (χ1n) is 7.45. The van der Waals surface area contributed by atoms with Gasteiger partial charge in [-0.2, -0.15) is 8.42 Å². The topological polar surface area (TPSA) is 86.5 Å². The molecule has 0 aliphatic heterocycles. The number of hydrogen-bond acceptors (Lipinski definition) is 5. The molecule has 24 heavy (non-hydrogen) atoms. The Labute approximate surface area is 141 Å². The Morgan fingerprint density at radius 3 is 2.04 bits per heavy atom. The molecule has 0 bridgehead atoms. The normalized spacial score (nSPS) is 14.1. The van der Waals surface area contributed by atoms with E-state index in [-0.39, 0.29) is 16.5 Å². The Morgan fingerprint density at radius 2 is 1.54 bits per heavy atom. The molecule has 0 heterocycles. The van der Waals surface area contributed by atoms with Crippen molar-refractivity contribution in [2.45, 2.75) is 37.7 Å². The van der Waals surface area contributed by atoms with E-state index in [1.54, 1.807) is 31.2 Å². The number of rotatable bonds is 6. The Kier molecular flexibility index (Phi) is 5.36. The molecule has 2 rings (SSSR count). The number of aryl methyl sites for hydroxylation is 1. The van der Waals surface area contributed by atoms with E-state index in [1.807, 2.05) is 13.8 Å². The highest BCUT2D eigenvalue weighted by atomic mass is 32.2. The highest BCUT2D eigenvalue weighted by Gasteiger charge is 2.24. The van der Waals surface area contributed by atoms with Gasteiger partial charge in [-0.15, -0.1) is 0 Å². The fraction of sp³-hybridized carbons (Fsp3) is 0.294. The molecule has 0 spiro atoms. The van der Waals surface area contributed by atoms with Gasteiger partial charge in [-0.05, 0) is 31.5 Å². The Balaban J connectivity index is 2.14. The largest absolute Gasteiger partial charge is 0.297 e. The van der Waals surface area contributed by atoms with E-state index < -0.39 is 21.1 Å². The van der Waals surface area contributed by atoms with Crippen LogP contribution in [0, 0.1) is 17.0 Å². The molecule has 7 heteroatoms. The van der Waals surface area contributed by atoms with Crippen LogP contribution in [0.2, 0.25) is 0 Å². The number of hydrogen-bond donors (Lipinski definition) is 0. The van der Waals surface area contributed by atoms with E-state index in [0.29, 0.717) is 0 Å². The minimum absolute atomic E-state index is 0.00759. The van der Waals surface area contributed by atoms with E-state index >= 15 is 0 Å². The predicted molar refractivity (Wildman–Crippen MR) is 90.4 cm³/mol. The number of benzene rings is 2. The van der Waals surface area contributed by atoms with Gasteiger partial charge in [0.1, 0.15) is 0 Å². The highest BCUT2D eigenvalue weighted by Crippen LogP contribution is 2.26. The van der Waals surface area contributed by atoms with Crippen molar-refractivity contribution < 1.29 is 17.5 Å². The molecule has 6 nitrogen and oxygen atoms in total. The fourth-order valence-corrected chi connectivity index (χ4v) is 3.36. The maximum Gasteiger partial charge on any atom is 0.297 e. The average molecular weight is 349 g/mol. The molecule has 0 unspecified atom stereocenters. The van der Waals surface area contributed by atoms with Gasteiger partial charge in [0.25, 0.3) is 15.8 Å². The summed E-state index contributed by atoms with van der Waals surface area (Å²) >= 11 is 0. The number of nitro benzene ring substituents is 1. The zero-order valence-electron chi connectivity index (χ0n) is 13.7. The van der Waals surface area contributed by atoms with Crippen LogP contribution in [0.25, 0.3) is 0 Å². The van der Waals surface area contributed by atoms with E-state index in [1.165, 1.54) is 24.3 Å². The minimum atomic E-state index is -3.86. The van der Waals surface area contributed by atoms with Crippen LogP contribution in [0.3, 0.4) is 0 Å². The highest BCUT2D eigenvalue weighted by molar-refractivity contribution is 7.86. The van der Waals surface area contributed by atoms with Crippen molar-refractivity contribution in [2.24, 2.45) is 0 Å². The van der Waals surface area contributed by atoms with Crippen LogP contribution in [0.5, 0.6) is 0 Å². The lowest BCUT2D eigenvalue weighted by Crippen LogP contribution is -2.21. The first-order chi connectivity index (χ1) is 11.2. The van der Waals surface area contributed by atoms with Crippen molar-refractivity contribution in [3.8, 4) is 0 Å². The third kappa shape index (κ3) is 4.18. The molecule has 0 saturated heterocycles. The summed E-state index contributed by atoms with van der Waals surface area (Å²) in [6.45, 7) is 5.35. The SMILES string of the molecule is Cc1ccc(S(=O)(=O)O[C@H](C)[C@@H](C)c2ccc([N+](=O)[O-])cc2)cc1. The number of nitro groups is 1. The molecule has 0 aliphatic carbocycles. The maximum atomic E-state index is 12.3. The quantitative estimate of drug-likeness (QED) is 0.450. The van der Waals surface area contributed by atoms with E-state index in [4.69, 9.17) is 4.18 Å². The second kappa shape index (κ2) is 7.11. The second-order valence-corrected chi connectivity index (χ2v) is 7.28. The van der Waals surface area contributed by atoms with E-state index in [9.17, 15) is 18.5 Å². The van der Waals surface area contributed by atoms with Crippen LogP contribution < -0.4 is 0 Å². The molecule has 2 aromatic carbocycles. The lowest BCUT2D eigenvalue weighted by molar-refractivity contribution is -0.384. The summed E-state index contributed by atoms with van der Waals surface area (Å²) in [5, 5.41) is 10.7. The van der Waals surface area contributed by atoms with Gasteiger partial charge < -0.3 is 0 Å². The van der Waals surface area contributed by atoms with Crippen LogP contribution in [0.4, 0.5) is 5.69 Å². The summed E-state index contributed by atoms with van der Waals surface area (Å²) in [6.07, 6.45) is -0.613. The summed E-state index contributed by atoms with van der Waals surface area (Å²) in [5.41, 5.74) is 1.72. The van der Waals surface area contributed by atoms with Crippen LogP contribution in [0.1, 0.15) is 30.9 Å². The molecule has 2 aromatic rings. The summed E-state index contributed by atoms with van der Waals surface area (Å²) < 4.78 is 29.9. The number of non-ortho nitro benzene ring substituents is 1. The Morgan fingerprint density at radius 1 is 1.00 bits per heavy atom. The third-order valence-corrected chi connectivity index (χ3v) is 5.33. The van der Waals surface area contributed by atoms with Crippen LogP contribution in [-0.4, -0.2) is 19.4 Å². The zero-order valence-corrected chi connectivity index (χ0v) is 14.5. The summed E-state index contributed by atoms with van der Waals surface area (Å²) in [6, 6.07) is 12.4. The van der Waals surface area contributed by atoms with Crippen LogP contribution in [0.15, 0.2) is 53.4 Å². The lowest BCUT2D eigenvalue weighted by Gasteiger charge is -2.20. The van der Waals surface area contributed by atoms with Crippen LogP contribution >= 0.6 is 0 Å². The molecule has 128 valence electrons. The van der Waals surface area contributed by atoms with Crippen LogP contribution in [-0.2, 0) is 14.3 Å². The molecular weight excluding hydrogens is 330 g/mol. The van der Waals surface area contributed by atoms with Gasteiger partial charge in [0, 0.05) is 18.1 Å². The Bertz CT molecular complexity index is 813. The van der Waals surface area contributed by atoms with Crippen molar-refractivity contribution in [1.29, 1.82) is 0 Å². The van der Waals surface area contributed by atoms with Gasteiger partial charge in [0.15, 0.2) is 0 Å². The maximum absolute atomic E-state index is 12.3. The zero-order chi connectivity index (χ0) is 17.9. The predicted octanol–water partition coefficient (Wildman–Crippen LogP) is 3.80. The molecule has 0 aromatic heterocycles. The monoisotopic (exact) mass is 349 g/mol. The van der Waals surface area contributed by atoms with E-state index in [0.717, 1.165) is 11.1 Å². The van der Waals surface area contributed by atoms with Gasteiger partial charge in [-0.3, -0.25) is 14.3 Å². The fourth-order valence-electron chi connectivity index (χ4n) is 2.21. The van der Waals surface area contributed by atoms with Crippen molar-refractivity contribution in [1.82, 2.24) is 0 Å². The molecule has 0 amide bonds. The summed E-state index contributed by atoms with van der Waals surface area (Å²) in [4.78, 5) is 10.3. The van der Waals surface area contributed by atoms with Gasteiger partial charge >= 0.3 is 0 Å². The van der Waals surface area contributed by atoms with E-state index in [2.05, 4.69) is 0 Å². The molecule has 2 atom stereocenters. The Hall–Kier alpha value is -2.25. The van der Waals surface area contributed by atoms with Crippen molar-refractivity contribution in [3.05, 3.63) is 69.8 Å². The molecule has 0 fully saturated rings. The smallest absolute Gasteiger partial charge is 0.263 e. The number of nitrogens with zero attached hydrogens (tertiary/aromatic N) is 1. The second-order valence-electron chi connectivity index (χ2n) is 5.71. The molecule has 0 saturated carbocycles.